The van der Waals surface area contributed by atoms with Crippen LogP contribution in [-0.4, -0.2) is 25.4 Å². The Balaban J connectivity index is 2.40. The van der Waals surface area contributed by atoms with Gasteiger partial charge in [-0.3, -0.25) is 4.40 Å². The Bertz CT molecular complexity index is 713. The standard InChI is InChI=1S/C10H6ClN3O2/c11-5-1-2-6-8(3-5)14-4-7(9(15)16)13-10(14)12-6/h1-4H,(H,12,13)(H,15,16). The summed E-state index contributed by atoms with van der Waals surface area (Å²) in [6.07, 6.45) is 1.49. The Kier molecular flexibility index (Phi) is 1.73. The monoisotopic (exact) mass is 235 g/mol. The van der Waals surface area contributed by atoms with Gasteiger partial charge < -0.3 is 10.1 Å². The van der Waals surface area contributed by atoms with E-state index in [-0.39, 0.29) is 5.69 Å². The molecule has 0 spiro atoms. The Hall–Kier alpha value is -2.01. The number of fused-ring (bicyclic) bond motifs is 3. The van der Waals surface area contributed by atoms with Gasteiger partial charge in [0.05, 0.1) is 11.0 Å². The van der Waals surface area contributed by atoms with Gasteiger partial charge >= 0.3 is 5.97 Å². The van der Waals surface area contributed by atoms with E-state index < -0.39 is 5.97 Å². The van der Waals surface area contributed by atoms with Crippen molar-refractivity contribution in [2.75, 3.05) is 0 Å². The average Bonchev–Trinajstić information content (AvgIpc) is 2.75. The molecule has 3 rings (SSSR count). The number of nitrogens with one attached hydrogen (secondary N) is 1. The van der Waals surface area contributed by atoms with E-state index in [9.17, 15) is 4.79 Å². The average molecular weight is 236 g/mol. The van der Waals surface area contributed by atoms with Crippen LogP contribution in [0.25, 0.3) is 16.8 Å². The number of aromatic nitrogens is 3. The van der Waals surface area contributed by atoms with Crippen molar-refractivity contribution < 1.29 is 9.90 Å². The Morgan fingerprint density at radius 1 is 1.50 bits per heavy atom. The maximum absolute atomic E-state index is 10.8. The molecule has 2 aromatic heterocycles. The number of benzene rings is 1. The van der Waals surface area contributed by atoms with E-state index in [1.165, 1.54) is 6.20 Å². The first-order chi connectivity index (χ1) is 7.65. The molecule has 3 aromatic rings. The van der Waals surface area contributed by atoms with Gasteiger partial charge in [0.2, 0.25) is 5.78 Å². The van der Waals surface area contributed by atoms with Crippen LogP contribution in [0.3, 0.4) is 0 Å². The number of carboxylic acids is 1. The molecule has 0 bridgehead atoms. The number of imidazole rings is 2. The number of rotatable bonds is 1. The van der Waals surface area contributed by atoms with Crippen molar-refractivity contribution in [1.82, 2.24) is 14.4 Å². The first-order valence-corrected chi connectivity index (χ1v) is 4.92. The predicted octanol–water partition coefficient (Wildman–Crippen LogP) is 2.17. The van der Waals surface area contributed by atoms with E-state index >= 15 is 0 Å². The van der Waals surface area contributed by atoms with E-state index in [0.29, 0.717) is 10.8 Å². The molecule has 0 saturated carbocycles. The Morgan fingerprint density at radius 2 is 2.31 bits per heavy atom. The fraction of sp³-hybridized carbons (Fsp3) is 0. The highest BCUT2D eigenvalue weighted by atomic mass is 35.5. The van der Waals surface area contributed by atoms with Crippen LogP contribution in [0.2, 0.25) is 5.02 Å². The number of aromatic amines is 1. The minimum Gasteiger partial charge on any atom is -0.477 e. The first-order valence-electron chi connectivity index (χ1n) is 4.55. The third kappa shape index (κ3) is 1.18. The summed E-state index contributed by atoms with van der Waals surface area (Å²) in [5.41, 5.74) is 1.66. The van der Waals surface area contributed by atoms with Gasteiger partial charge in [-0.2, -0.15) is 0 Å². The van der Waals surface area contributed by atoms with E-state index in [4.69, 9.17) is 16.7 Å². The zero-order chi connectivity index (χ0) is 11.3. The smallest absolute Gasteiger partial charge is 0.353 e. The zero-order valence-electron chi connectivity index (χ0n) is 7.94. The molecule has 0 aliphatic heterocycles. The molecule has 2 heterocycles. The molecule has 6 heteroatoms. The molecule has 5 nitrogen and oxygen atoms in total. The minimum atomic E-state index is -1.01. The number of aromatic carboxylic acids is 1. The van der Waals surface area contributed by atoms with Crippen LogP contribution < -0.4 is 0 Å². The summed E-state index contributed by atoms with van der Waals surface area (Å²) >= 11 is 5.88. The van der Waals surface area contributed by atoms with Crippen LogP contribution in [0.4, 0.5) is 0 Å². The van der Waals surface area contributed by atoms with Crippen LogP contribution in [0.5, 0.6) is 0 Å². The minimum absolute atomic E-state index is 0.101. The van der Waals surface area contributed by atoms with Crippen molar-refractivity contribution in [2.45, 2.75) is 0 Å². The highest BCUT2D eigenvalue weighted by Gasteiger charge is 2.11. The first kappa shape index (κ1) is 9.23. The summed E-state index contributed by atoms with van der Waals surface area (Å²) in [4.78, 5) is 17.7. The molecule has 0 aliphatic carbocycles. The van der Waals surface area contributed by atoms with Crippen LogP contribution in [0.15, 0.2) is 24.4 Å². The quantitative estimate of drug-likeness (QED) is 0.679. The second kappa shape index (κ2) is 2.99. The van der Waals surface area contributed by atoms with Crippen LogP contribution >= 0.6 is 11.6 Å². The number of halogens is 1. The number of carbonyl (C=O) groups is 1. The van der Waals surface area contributed by atoms with Gasteiger partial charge in [-0.15, -0.1) is 0 Å². The van der Waals surface area contributed by atoms with Crippen molar-refractivity contribution in [3.05, 3.63) is 35.1 Å². The number of nitrogens with zero attached hydrogens (tertiary/aromatic N) is 2. The van der Waals surface area contributed by atoms with Crippen molar-refractivity contribution in [3.63, 3.8) is 0 Å². The third-order valence-corrected chi connectivity index (χ3v) is 2.62. The summed E-state index contributed by atoms with van der Waals surface area (Å²) in [6.45, 7) is 0. The molecule has 0 atom stereocenters. The summed E-state index contributed by atoms with van der Waals surface area (Å²) < 4.78 is 1.67. The maximum Gasteiger partial charge on any atom is 0.353 e. The summed E-state index contributed by atoms with van der Waals surface area (Å²) in [7, 11) is 0. The van der Waals surface area contributed by atoms with Gasteiger partial charge in [-0.1, -0.05) is 11.6 Å². The third-order valence-electron chi connectivity index (χ3n) is 2.39. The second-order valence-corrected chi connectivity index (χ2v) is 3.85. The lowest BCUT2D eigenvalue weighted by atomic mass is 10.3. The molecule has 80 valence electrons. The lowest BCUT2D eigenvalue weighted by Gasteiger charge is -1.91. The molecule has 2 N–H and O–H groups in total. The van der Waals surface area contributed by atoms with Crippen molar-refractivity contribution in [3.8, 4) is 0 Å². The van der Waals surface area contributed by atoms with Crippen LogP contribution in [0.1, 0.15) is 10.5 Å². The molecule has 0 fully saturated rings. The fourth-order valence-electron chi connectivity index (χ4n) is 1.68. The van der Waals surface area contributed by atoms with Gasteiger partial charge in [0.25, 0.3) is 0 Å². The maximum atomic E-state index is 10.8. The fourth-order valence-corrected chi connectivity index (χ4v) is 1.84. The predicted molar refractivity (Wildman–Crippen MR) is 59.0 cm³/mol. The summed E-state index contributed by atoms with van der Waals surface area (Å²) in [6, 6.07) is 5.28. The van der Waals surface area contributed by atoms with E-state index in [1.54, 1.807) is 22.6 Å². The molecular formula is C10H6ClN3O2. The van der Waals surface area contributed by atoms with Crippen molar-refractivity contribution in [2.24, 2.45) is 0 Å². The van der Waals surface area contributed by atoms with Crippen molar-refractivity contribution in [1.29, 1.82) is 0 Å². The molecule has 0 amide bonds. The lowest BCUT2D eigenvalue weighted by molar-refractivity contribution is 0.0691. The Morgan fingerprint density at radius 3 is 3.06 bits per heavy atom. The molecule has 0 aliphatic rings. The lowest BCUT2D eigenvalue weighted by Crippen LogP contribution is -1.95. The van der Waals surface area contributed by atoms with Gasteiger partial charge in [0, 0.05) is 11.2 Å². The number of hydrogen-bond acceptors (Lipinski definition) is 2. The highest BCUT2D eigenvalue weighted by Crippen LogP contribution is 2.20. The van der Waals surface area contributed by atoms with E-state index in [2.05, 4.69) is 9.97 Å². The SMILES string of the molecule is O=C(O)c1cn2c(nc3ccc(Cl)cc32)[nH]1. The number of carboxylic acid groups (broad SMARTS) is 1. The molecule has 1 aromatic carbocycles. The zero-order valence-corrected chi connectivity index (χ0v) is 8.69. The number of H-pyrrole nitrogens is 1. The summed E-state index contributed by atoms with van der Waals surface area (Å²) in [5.74, 6) is -0.518. The molecule has 0 saturated heterocycles. The van der Waals surface area contributed by atoms with Gasteiger partial charge in [0.1, 0.15) is 5.69 Å². The Labute approximate surface area is 94.3 Å². The molecule has 0 radical (unpaired) electrons. The van der Waals surface area contributed by atoms with E-state index in [1.807, 2.05) is 0 Å². The topological polar surface area (TPSA) is 70.4 Å². The molecule has 0 unspecified atom stereocenters. The van der Waals surface area contributed by atoms with Crippen LogP contribution in [0, 0.1) is 0 Å². The normalized spacial score (nSPS) is 11.3. The summed E-state index contributed by atoms with van der Waals surface area (Å²) in [5, 5.41) is 9.42. The van der Waals surface area contributed by atoms with Gasteiger partial charge in [0.15, 0.2) is 0 Å². The molecular weight excluding hydrogens is 230 g/mol. The van der Waals surface area contributed by atoms with E-state index in [0.717, 1.165) is 11.0 Å². The largest absolute Gasteiger partial charge is 0.477 e. The van der Waals surface area contributed by atoms with Gasteiger partial charge in [-0.25, -0.2) is 9.78 Å². The van der Waals surface area contributed by atoms with Crippen LogP contribution in [-0.2, 0) is 0 Å². The van der Waals surface area contributed by atoms with Crippen molar-refractivity contribution >= 4 is 34.4 Å². The number of hydrogen-bond donors (Lipinski definition) is 2. The highest BCUT2D eigenvalue weighted by molar-refractivity contribution is 6.31. The van der Waals surface area contributed by atoms with Gasteiger partial charge in [-0.05, 0) is 18.2 Å². The second-order valence-electron chi connectivity index (χ2n) is 3.41. The molecule has 16 heavy (non-hydrogen) atoms.